The lowest BCUT2D eigenvalue weighted by Crippen LogP contribution is -2.37. The Morgan fingerprint density at radius 3 is 2.77 bits per heavy atom. The van der Waals surface area contributed by atoms with Gasteiger partial charge in [0.15, 0.2) is 0 Å². The van der Waals surface area contributed by atoms with Crippen LogP contribution in [-0.2, 0) is 16.0 Å². The number of pyridine rings is 1. The van der Waals surface area contributed by atoms with Crippen LogP contribution in [0.2, 0.25) is 0 Å². The Kier molecular flexibility index (Phi) is 5.14. The van der Waals surface area contributed by atoms with Crippen LogP contribution < -0.4 is 0 Å². The van der Waals surface area contributed by atoms with E-state index in [0.717, 1.165) is 5.65 Å². The highest BCUT2D eigenvalue weighted by Gasteiger charge is 2.17. The largest absolute Gasteiger partial charge is 0.481 e. The van der Waals surface area contributed by atoms with Crippen LogP contribution in [0.15, 0.2) is 30.6 Å². The second kappa shape index (κ2) is 7.06. The summed E-state index contributed by atoms with van der Waals surface area (Å²) in [5.74, 6) is -0.688. The molecular formula is C16H21N3O3. The normalized spacial score (nSPS) is 11.0. The molecule has 0 atom stereocenters. The van der Waals surface area contributed by atoms with Gasteiger partial charge in [-0.05, 0) is 18.1 Å². The lowest BCUT2D eigenvalue weighted by atomic mass is 10.2. The monoisotopic (exact) mass is 303 g/mol. The molecule has 2 aromatic rings. The summed E-state index contributed by atoms with van der Waals surface area (Å²) in [7, 11) is 0. The van der Waals surface area contributed by atoms with Gasteiger partial charge in [0.2, 0.25) is 5.91 Å². The zero-order chi connectivity index (χ0) is 16.1. The van der Waals surface area contributed by atoms with E-state index in [1.807, 2.05) is 48.8 Å². The Morgan fingerprint density at radius 2 is 2.14 bits per heavy atom. The van der Waals surface area contributed by atoms with Crippen LogP contribution in [0.25, 0.3) is 5.65 Å². The van der Waals surface area contributed by atoms with Gasteiger partial charge in [0.25, 0.3) is 0 Å². The molecule has 0 spiro atoms. The highest BCUT2D eigenvalue weighted by Crippen LogP contribution is 2.08. The van der Waals surface area contributed by atoms with Crippen molar-refractivity contribution in [1.29, 1.82) is 0 Å². The zero-order valence-electron chi connectivity index (χ0n) is 12.9. The molecule has 1 amide bonds. The van der Waals surface area contributed by atoms with Crippen LogP contribution in [0, 0.1) is 5.92 Å². The molecule has 0 aromatic carbocycles. The van der Waals surface area contributed by atoms with E-state index in [1.54, 1.807) is 4.90 Å². The number of rotatable bonds is 7. The first-order valence-electron chi connectivity index (χ1n) is 7.38. The quantitative estimate of drug-likeness (QED) is 0.847. The SMILES string of the molecule is CC(C)CN(CCC(=O)O)C(=O)Cc1cn2ccccc2n1. The van der Waals surface area contributed by atoms with Crippen molar-refractivity contribution in [2.45, 2.75) is 26.7 Å². The van der Waals surface area contributed by atoms with E-state index in [1.165, 1.54) is 0 Å². The molecule has 0 fully saturated rings. The second-order valence-corrected chi connectivity index (χ2v) is 5.75. The number of hydrogen-bond donors (Lipinski definition) is 1. The molecule has 0 saturated heterocycles. The average Bonchev–Trinajstić information content (AvgIpc) is 2.84. The third kappa shape index (κ3) is 4.31. The van der Waals surface area contributed by atoms with Gasteiger partial charge in [0.05, 0.1) is 18.5 Å². The van der Waals surface area contributed by atoms with Gasteiger partial charge in [-0.15, -0.1) is 0 Å². The molecule has 2 rings (SSSR count). The molecule has 118 valence electrons. The highest BCUT2D eigenvalue weighted by atomic mass is 16.4. The molecule has 1 N–H and O–H groups in total. The molecule has 0 unspecified atom stereocenters. The lowest BCUT2D eigenvalue weighted by Gasteiger charge is -2.23. The number of carboxylic acids is 1. The maximum atomic E-state index is 12.4. The van der Waals surface area contributed by atoms with Crippen LogP contribution in [-0.4, -0.2) is 44.4 Å². The zero-order valence-corrected chi connectivity index (χ0v) is 12.9. The van der Waals surface area contributed by atoms with E-state index in [2.05, 4.69) is 4.98 Å². The fourth-order valence-electron chi connectivity index (χ4n) is 2.33. The Labute approximate surface area is 129 Å². The Balaban J connectivity index is 2.06. The Morgan fingerprint density at radius 1 is 1.36 bits per heavy atom. The minimum absolute atomic E-state index is 0.0381. The summed E-state index contributed by atoms with van der Waals surface area (Å²) >= 11 is 0. The molecule has 6 nitrogen and oxygen atoms in total. The summed E-state index contributed by atoms with van der Waals surface area (Å²) in [5, 5.41) is 8.81. The first-order chi connectivity index (χ1) is 10.5. The van der Waals surface area contributed by atoms with Crippen molar-refractivity contribution < 1.29 is 14.7 Å². The van der Waals surface area contributed by atoms with Gasteiger partial charge < -0.3 is 14.4 Å². The topological polar surface area (TPSA) is 74.9 Å². The van der Waals surface area contributed by atoms with E-state index in [4.69, 9.17) is 5.11 Å². The fraction of sp³-hybridized carbons (Fsp3) is 0.438. The summed E-state index contributed by atoms with van der Waals surface area (Å²) in [6, 6.07) is 5.67. The van der Waals surface area contributed by atoms with Crippen LogP contribution >= 0.6 is 0 Å². The van der Waals surface area contributed by atoms with Crippen LogP contribution in [0.1, 0.15) is 26.0 Å². The number of carbonyl (C=O) groups is 2. The predicted molar refractivity (Wildman–Crippen MR) is 82.6 cm³/mol. The molecule has 2 aromatic heterocycles. The molecule has 0 saturated carbocycles. The predicted octanol–water partition coefficient (Wildman–Crippen LogP) is 1.84. The van der Waals surface area contributed by atoms with Gasteiger partial charge >= 0.3 is 5.97 Å². The number of fused-ring (bicyclic) bond motifs is 1. The second-order valence-electron chi connectivity index (χ2n) is 5.75. The minimum Gasteiger partial charge on any atom is -0.481 e. The lowest BCUT2D eigenvalue weighted by molar-refractivity contribution is -0.138. The minimum atomic E-state index is -0.894. The van der Waals surface area contributed by atoms with Gasteiger partial charge in [-0.1, -0.05) is 19.9 Å². The smallest absolute Gasteiger partial charge is 0.305 e. The number of carbonyl (C=O) groups excluding carboxylic acids is 1. The van der Waals surface area contributed by atoms with Crippen molar-refractivity contribution in [2.75, 3.05) is 13.1 Å². The summed E-state index contributed by atoms with van der Waals surface area (Å²) in [6.45, 7) is 4.80. The number of nitrogens with zero attached hydrogens (tertiary/aromatic N) is 3. The van der Waals surface area contributed by atoms with Crippen molar-refractivity contribution in [2.24, 2.45) is 5.92 Å². The molecule has 0 aliphatic heterocycles. The number of imidazole rings is 1. The summed E-state index contributed by atoms with van der Waals surface area (Å²) in [6.07, 6.45) is 3.86. The number of carboxylic acid groups (broad SMARTS) is 1. The summed E-state index contributed by atoms with van der Waals surface area (Å²) < 4.78 is 1.87. The molecule has 6 heteroatoms. The van der Waals surface area contributed by atoms with E-state index in [-0.39, 0.29) is 25.3 Å². The van der Waals surface area contributed by atoms with E-state index in [9.17, 15) is 9.59 Å². The molecule has 0 bridgehead atoms. The standard InChI is InChI=1S/C16H21N3O3/c1-12(2)10-19(8-6-16(21)22)15(20)9-13-11-18-7-4-3-5-14(18)17-13/h3-5,7,11-12H,6,8-10H2,1-2H3,(H,21,22). The van der Waals surface area contributed by atoms with Gasteiger partial charge in [-0.2, -0.15) is 0 Å². The summed E-state index contributed by atoms with van der Waals surface area (Å²) in [5.41, 5.74) is 1.49. The third-order valence-corrected chi connectivity index (χ3v) is 3.28. The Bertz CT molecular complexity index is 630. The van der Waals surface area contributed by atoms with Crippen molar-refractivity contribution in [1.82, 2.24) is 14.3 Å². The van der Waals surface area contributed by atoms with Gasteiger partial charge in [0.1, 0.15) is 5.65 Å². The van der Waals surface area contributed by atoms with Crippen LogP contribution in [0.3, 0.4) is 0 Å². The number of aromatic nitrogens is 2. The third-order valence-electron chi connectivity index (χ3n) is 3.28. The molecule has 22 heavy (non-hydrogen) atoms. The number of amides is 1. The van der Waals surface area contributed by atoms with Gasteiger partial charge in [0, 0.05) is 25.5 Å². The van der Waals surface area contributed by atoms with Crippen molar-refractivity contribution in [3.8, 4) is 0 Å². The molecule has 0 aliphatic carbocycles. The van der Waals surface area contributed by atoms with E-state index < -0.39 is 5.97 Å². The van der Waals surface area contributed by atoms with Crippen molar-refractivity contribution in [3.63, 3.8) is 0 Å². The molecular weight excluding hydrogens is 282 g/mol. The van der Waals surface area contributed by atoms with Crippen molar-refractivity contribution in [3.05, 3.63) is 36.3 Å². The molecule has 0 radical (unpaired) electrons. The maximum Gasteiger partial charge on any atom is 0.305 e. The van der Waals surface area contributed by atoms with Crippen LogP contribution in [0.5, 0.6) is 0 Å². The number of aliphatic carboxylic acids is 1. The average molecular weight is 303 g/mol. The van der Waals surface area contributed by atoms with Gasteiger partial charge in [-0.3, -0.25) is 9.59 Å². The highest BCUT2D eigenvalue weighted by molar-refractivity contribution is 5.79. The first-order valence-corrected chi connectivity index (χ1v) is 7.38. The first kappa shape index (κ1) is 16.0. The molecule has 2 heterocycles. The number of hydrogen-bond acceptors (Lipinski definition) is 3. The summed E-state index contributed by atoms with van der Waals surface area (Å²) in [4.78, 5) is 29.2. The fourth-order valence-corrected chi connectivity index (χ4v) is 2.33. The van der Waals surface area contributed by atoms with E-state index in [0.29, 0.717) is 18.2 Å². The Hall–Kier alpha value is -2.37. The molecule has 0 aliphatic rings. The van der Waals surface area contributed by atoms with Crippen LogP contribution in [0.4, 0.5) is 0 Å². The van der Waals surface area contributed by atoms with Crippen molar-refractivity contribution >= 4 is 17.5 Å². The van der Waals surface area contributed by atoms with E-state index >= 15 is 0 Å². The van der Waals surface area contributed by atoms with Gasteiger partial charge in [-0.25, -0.2) is 4.98 Å². The maximum absolute atomic E-state index is 12.4.